The van der Waals surface area contributed by atoms with E-state index in [2.05, 4.69) is 19.8 Å². The van der Waals surface area contributed by atoms with Crippen LogP contribution < -0.4 is 0 Å². The molecule has 4 rings (SSSR count). The molecule has 0 aliphatic heterocycles. The molecule has 0 amide bonds. The molecule has 2 heteroatoms. The number of carbonyl (C=O) groups excluding carboxylic acids is 1. The molecule has 23 heavy (non-hydrogen) atoms. The lowest BCUT2D eigenvalue weighted by atomic mass is 9.45. The van der Waals surface area contributed by atoms with Crippen molar-refractivity contribution >= 4 is 5.78 Å². The quantitative estimate of drug-likeness (QED) is 0.692. The molecule has 0 bridgehead atoms. The molecule has 4 aliphatic carbocycles. The summed E-state index contributed by atoms with van der Waals surface area (Å²) in [6.07, 6.45) is 14.7. The summed E-state index contributed by atoms with van der Waals surface area (Å²) in [6, 6.07) is 0. The highest BCUT2D eigenvalue weighted by Gasteiger charge is 2.60. The summed E-state index contributed by atoms with van der Waals surface area (Å²) < 4.78 is 0. The third-order valence-corrected chi connectivity index (χ3v) is 8.26. The predicted molar refractivity (Wildman–Crippen MR) is 90.4 cm³/mol. The Hall–Kier alpha value is -1.07. The molecular formula is C21H28O2. The summed E-state index contributed by atoms with van der Waals surface area (Å²) in [6.45, 7) is 4.64. The molecular weight excluding hydrogens is 284 g/mol. The number of aliphatic hydroxyl groups is 1. The van der Waals surface area contributed by atoms with Gasteiger partial charge in [0.05, 0.1) is 6.10 Å². The maximum atomic E-state index is 12.1. The number of aliphatic hydroxyl groups excluding tert-OH is 1. The van der Waals surface area contributed by atoms with Gasteiger partial charge in [0.2, 0.25) is 0 Å². The van der Waals surface area contributed by atoms with Gasteiger partial charge >= 0.3 is 0 Å². The Balaban J connectivity index is 1.74. The van der Waals surface area contributed by atoms with Crippen LogP contribution in [0.3, 0.4) is 0 Å². The Labute approximate surface area is 139 Å². The fourth-order valence-electron chi connectivity index (χ4n) is 6.85. The van der Waals surface area contributed by atoms with Crippen LogP contribution in [-0.2, 0) is 4.79 Å². The molecule has 0 aromatic rings. The van der Waals surface area contributed by atoms with E-state index in [1.807, 2.05) is 6.08 Å². The van der Waals surface area contributed by atoms with Crippen molar-refractivity contribution in [3.8, 4) is 12.3 Å². The minimum absolute atomic E-state index is 0.000445. The predicted octanol–water partition coefficient (Wildman–Crippen LogP) is 3.74. The van der Waals surface area contributed by atoms with Gasteiger partial charge in [-0.3, -0.25) is 4.79 Å². The Bertz CT molecular complexity index is 612. The van der Waals surface area contributed by atoms with E-state index in [4.69, 9.17) is 6.42 Å². The van der Waals surface area contributed by atoms with E-state index < -0.39 is 0 Å². The van der Waals surface area contributed by atoms with Crippen LogP contribution >= 0.6 is 0 Å². The van der Waals surface area contributed by atoms with Crippen molar-refractivity contribution in [3.63, 3.8) is 0 Å². The highest BCUT2D eigenvalue weighted by atomic mass is 16.3. The topological polar surface area (TPSA) is 37.3 Å². The van der Waals surface area contributed by atoms with Crippen LogP contribution in [0.4, 0.5) is 0 Å². The van der Waals surface area contributed by atoms with Crippen LogP contribution in [0.15, 0.2) is 11.6 Å². The Morgan fingerprint density at radius 1 is 1.22 bits per heavy atom. The summed E-state index contributed by atoms with van der Waals surface area (Å²) in [5.74, 6) is 5.12. The number of carbonyl (C=O) groups is 1. The lowest BCUT2D eigenvalue weighted by Gasteiger charge is -2.59. The zero-order chi connectivity index (χ0) is 16.4. The van der Waals surface area contributed by atoms with Crippen molar-refractivity contribution in [2.45, 2.75) is 64.9 Å². The first-order chi connectivity index (χ1) is 10.9. The third-order valence-electron chi connectivity index (χ3n) is 8.26. The van der Waals surface area contributed by atoms with Gasteiger partial charge in [-0.2, -0.15) is 0 Å². The first-order valence-electron chi connectivity index (χ1n) is 9.29. The fraction of sp³-hybridized carbons (Fsp3) is 0.762. The molecule has 7 atom stereocenters. The monoisotopic (exact) mass is 312 g/mol. The van der Waals surface area contributed by atoms with Gasteiger partial charge in [0, 0.05) is 17.8 Å². The largest absolute Gasteiger partial charge is 0.393 e. The highest BCUT2D eigenvalue weighted by Crippen LogP contribution is 2.66. The molecule has 0 radical (unpaired) electrons. The lowest BCUT2D eigenvalue weighted by molar-refractivity contribution is -0.120. The van der Waals surface area contributed by atoms with Gasteiger partial charge in [-0.1, -0.05) is 19.4 Å². The summed E-state index contributed by atoms with van der Waals surface area (Å²) in [5.41, 5.74) is 1.43. The molecule has 4 aliphatic rings. The average molecular weight is 312 g/mol. The van der Waals surface area contributed by atoms with E-state index in [0.29, 0.717) is 24.2 Å². The van der Waals surface area contributed by atoms with E-state index in [1.165, 1.54) is 12.0 Å². The van der Waals surface area contributed by atoms with Crippen LogP contribution in [0.1, 0.15) is 58.8 Å². The second kappa shape index (κ2) is 4.96. The first-order valence-corrected chi connectivity index (χ1v) is 9.29. The van der Waals surface area contributed by atoms with Crippen molar-refractivity contribution in [1.82, 2.24) is 0 Å². The summed E-state index contributed by atoms with van der Waals surface area (Å²) in [4.78, 5) is 12.1. The molecule has 1 N–H and O–H groups in total. The van der Waals surface area contributed by atoms with E-state index in [-0.39, 0.29) is 28.6 Å². The smallest absolute Gasteiger partial charge is 0.156 e. The molecule has 0 saturated heterocycles. The molecule has 3 saturated carbocycles. The first kappa shape index (κ1) is 15.5. The number of hydrogen-bond acceptors (Lipinski definition) is 2. The standard InChI is InChI=1S/C21H28O2/c1-4-13-11-15(22)12-14-5-6-16-17-7-8-19(23)20(17,2)10-9-18(16)21(13,14)3/h1,12-13,16-19,23H,5-11H2,2-3H3/t13?,16-,17-,18-,19-,20-,21-/m0/s1. The summed E-state index contributed by atoms with van der Waals surface area (Å²) in [7, 11) is 0. The second-order valence-corrected chi connectivity index (χ2v) is 8.90. The average Bonchev–Trinajstić information content (AvgIpc) is 2.83. The van der Waals surface area contributed by atoms with Gasteiger partial charge in [0.15, 0.2) is 5.78 Å². The zero-order valence-corrected chi connectivity index (χ0v) is 14.3. The Morgan fingerprint density at radius 3 is 2.74 bits per heavy atom. The van der Waals surface area contributed by atoms with Crippen molar-refractivity contribution in [1.29, 1.82) is 0 Å². The molecule has 0 spiro atoms. The van der Waals surface area contributed by atoms with Crippen LogP contribution in [0.5, 0.6) is 0 Å². The second-order valence-electron chi connectivity index (χ2n) is 8.90. The molecule has 124 valence electrons. The van der Waals surface area contributed by atoms with E-state index in [9.17, 15) is 9.90 Å². The van der Waals surface area contributed by atoms with Crippen LogP contribution in [-0.4, -0.2) is 17.0 Å². The Kier molecular flexibility index (Phi) is 3.34. The number of allylic oxidation sites excluding steroid dienone is 1. The van der Waals surface area contributed by atoms with Gasteiger partial charge in [-0.05, 0) is 67.8 Å². The molecule has 1 unspecified atom stereocenters. The molecule has 3 fully saturated rings. The van der Waals surface area contributed by atoms with E-state index in [1.54, 1.807) is 0 Å². The maximum Gasteiger partial charge on any atom is 0.156 e. The van der Waals surface area contributed by atoms with Gasteiger partial charge in [-0.25, -0.2) is 0 Å². The fourth-order valence-corrected chi connectivity index (χ4v) is 6.85. The molecule has 2 nitrogen and oxygen atoms in total. The van der Waals surface area contributed by atoms with Crippen molar-refractivity contribution in [2.75, 3.05) is 0 Å². The van der Waals surface area contributed by atoms with Crippen molar-refractivity contribution < 1.29 is 9.90 Å². The minimum Gasteiger partial charge on any atom is -0.393 e. The minimum atomic E-state index is -0.130. The van der Waals surface area contributed by atoms with Gasteiger partial charge < -0.3 is 5.11 Å². The normalized spacial score (nSPS) is 52.0. The molecule has 0 heterocycles. The van der Waals surface area contributed by atoms with Gasteiger partial charge in [-0.15, -0.1) is 12.3 Å². The van der Waals surface area contributed by atoms with Crippen molar-refractivity contribution in [3.05, 3.63) is 11.6 Å². The van der Waals surface area contributed by atoms with Crippen LogP contribution in [0.25, 0.3) is 0 Å². The van der Waals surface area contributed by atoms with Crippen LogP contribution in [0.2, 0.25) is 0 Å². The SMILES string of the molecule is C#CC1CC(=O)C=C2CC[C@H]3[C@@H]4CC[C@H](O)[C@@]4(C)CC[C@@H]3[C@]21C. The van der Waals surface area contributed by atoms with E-state index >= 15 is 0 Å². The van der Waals surface area contributed by atoms with Gasteiger partial charge in [0.1, 0.15) is 0 Å². The molecule has 0 aromatic carbocycles. The highest BCUT2D eigenvalue weighted by molar-refractivity contribution is 5.92. The van der Waals surface area contributed by atoms with Crippen LogP contribution in [0, 0.1) is 46.8 Å². The van der Waals surface area contributed by atoms with E-state index in [0.717, 1.165) is 32.1 Å². The lowest BCUT2D eigenvalue weighted by Crippen LogP contribution is -2.53. The molecule has 0 aromatic heterocycles. The summed E-state index contributed by atoms with van der Waals surface area (Å²) in [5, 5.41) is 10.5. The zero-order valence-electron chi connectivity index (χ0n) is 14.3. The number of terminal acetylenes is 1. The van der Waals surface area contributed by atoms with Gasteiger partial charge in [0.25, 0.3) is 0 Å². The van der Waals surface area contributed by atoms with Crippen molar-refractivity contribution in [2.24, 2.45) is 34.5 Å². The number of ketones is 1. The summed E-state index contributed by atoms with van der Waals surface area (Å²) >= 11 is 0. The number of hydrogen-bond donors (Lipinski definition) is 1. The maximum absolute atomic E-state index is 12.1. The number of rotatable bonds is 0. The third kappa shape index (κ3) is 1.89. The number of fused-ring (bicyclic) bond motifs is 5. The Morgan fingerprint density at radius 2 is 2.00 bits per heavy atom.